The van der Waals surface area contributed by atoms with Crippen molar-refractivity contribution < 1.29 is 9.53 Å². The summed E-state index contributed by atoms with van der Waals surface area (Å²) in [6, 6.07) is 15.4. The van der Waals surface area contributed by atoms with Gasteiger partial charge in [0.05, 0.1) is 6.10 Å². The number of fused-ring (bicyclic) bond motifs is 1. The number of hydrogen-bond acceptors (Lipinski definition) is 3. The minimum absolute atomic E-state index is 0.189. The molecular formula is C24H32N2O2. The van der Waals surface area contributed by atoms with Crippen molar-refractivity contribution in [1.82, 2.24) is 10.2 Å². The van der Waals surface area contributed by atoms with Gasteiger partial charge in [0.15, 0.2) is 0 Å². The fraction of sp³-hybridized carbons (Fsp3) is 0.542. The van der Waals surface area contributed by atoms with E-state index >= 15 is 0 Å². The quantitative estimate of drug-likeness (QED) is 0.785. The van der Waals surface area contributed by atoms with E-state index in [2.05, 4.69) is 52.7 Å². The van der Waals surface area contributed by atoms with Crippen LogP contribution < -0.4 is 5.32 Å². The van der Waals surface area contributed by atoms with E-state index in [-0.39, 0.29) is 12.0 Å². The molecule has 2 saturated heterocycles. The first-order chi connectivity index (χ1) is 13.8. The van der Waals surface area contributed by atoms with Gasteiger partial charge in [-0.25, -0.2) is 0 Å². The van der Waals surface area contributed by atoms with Crippen LogP contribution in [0.5, 0.6) is 0 Å². The molecular weight excluding hydrogens is 348 g/mol. The first-order valence-corrected chi connectivity index (χ1v) is 10.8. The number of benzene rings is 2. The lowest BCUT2D eigenvalue weighted by molar-refractivity contribution is -0.122. The molecule has 1 amide bonds. The normalized spacial score (nSPS) is 21.2. The highest BCUT2D eigenvalue weighted by Crippen LogP contribution is 2.24. The number of rotatable bonds is 7. The summed E-state index contributed by atoms with van der Waals surface area (Å²) < 4.78 is 5.56. The Hall–Kier alpha value is -1.91. The van der Waals surface area contributed by atoms with E-state index in [1.807, 2.05) is 0 Å². The minimum Gasteiger partial charge on any atom is -0.376 e. The fourth-order valence-electron chi connectivity index (χ4n) is 4.49. The van der Waals surface area contributed by atoms with E-state index < -0.39 is 0 Å². The van der Waals surface area contributed by atoms with Gasteiger partial charge < -0.3 is 10.1 Å². The molecule has 2 aliphatic heterocycles. The second kappa shape index (κ2) is 9.53. The number of nitrogens with one attached hydrogen (secondary N) is 1. The highest BCUT2D eigenvalue weighted by Gasteiger charge is 2.21. The molecule has 2 aromatic rings. The summed E-state index contributed by atoms with van der Waals surface area (Å²) in [5.41, 5.74) is 1.39. The van der Waals surface area contributed by atoms with Crippen molar-refractivity contribution in [2.24, 2.45) is 5.92 Å². The Morgan fingerprint density at radius 2 is 1.89 bits per heavy atom. The molecule has 150 valence electrons. The summed E-state index contributed by atoms with van der Waals surface area (Å²) in [7, 11) is 0. The third-order valence-corrected chi connectivity index (χ3v) is 6.26. The highest BCUT2D eigenvalue weighted by molar-refractivity contribution is 5.83. The number of amides is 1. The van der Waals surface area contributed by atoms with Crippen molar-refractivity contribution in [3.05, 3.63) is 48.0 Å². The van der Waals surface area contributed by atoms with E-state index in [4.69, 9.17) is 4.74 Å². The molecule has 0 aliphatic carbocycles. The number of piperidine rings is 1. The third-order valence-electron chi connectivity index (χ3n) is 6.26. The van der Waals surface area contributed by atoms with E-state index in [0.29, 0.717) is 18.9 Å². The van der Waals surface area contributed by atoms with Gasteiger partial charge in [0.1, 0.15) is 0 Å². The predicted molar refractivity (Wildman–Crippen MR) is 113 cm³/mol. The van der Waals surface area contributed by atoms with E-state index in [9.17, 15) is 4.79 Å². The minimum atomic E-state index is 0.189. The molecule has 0 aromatic heterocycles. The van der Waals surface area contributed by atoms with Gasteiger partial charge in [-0.2, -0.15) is 0 Å². The molecule has 0 unspecified atom stereocenters. The zero-order chi connectivity index (χ0) is 19.2. The lowest BCUT2D eigenvalue weighted by Gasteiger charge is -2.32. The molecule has 1 N–H and O–H groups in total. The molecule has 4 nitrogen and oxygen atoms in total. The van der Waals surface area contributed by atoms with Gasteiger partial charge in [0.2, 0.25) is 5.91 Å². The van der Waals surface area contributed by atoms with Crippen molar-refractivity contribution in [2.45, 2.75) is 51.2 Å². The van der Waals surface area contributed by atoms with Gasteiger partial charge in [0.25, 0.3) is 0 Å². The highest BCUT2D eigenvalue weighted by atomic mass is 16.5. The fourth-order valence-corrected chi connectivity index (χ4v) is 4.49. The van der Waals surface area contributed by atoms with Crippen LogP contribution in [0, 0.1) is 5.92 Å². The smallest absolute Gasteiger partial charge is 0.220 e. The Labute approximate surface area is 168 Å². The van der Waals surface area contributed by atoms with Crippen LogP contribution in [0.1, 0.15) is 44.1 Å². The number of carbonyl (C=O) groups excluding carboxylic acids is 1. The van der Waals surface area contributed by atoms with E-state index in [0.717, 1.165) is 45.5 Å². The molecule has 28 heavy (non-hydrogen) atoms. The van der Waals surface area contributed by atoms with Crippen molar-refractivity contribution in [3.8, 4) is 0 Å². The summed E-state index contributed by atoms with van der Waals surface area (Å²) in [5, 5.41) is 5.68. The third kappa shape index (κ3) is 5.33. The SMILES string of the molecule is O=C(CCC1CCN(Cc2ccc3ccccc3c2)CC1)NC[C@@H]1CCCO1. The van der Waals surface area contributed by atoms with Crippen LogP contribution in [0.2, 0.25) is 0 Å². The molecule has 2 aliphatic rings. The van der Waals surface area contributed by atoms with E-state index in [1.54, 1.807) is 0 Å². The maximum atomic E-state index is 12.1. The maximum Gasteiger partial charge on any atom is 0.220 e. The molecule has 2 aromatic carbocycles. The zero-order valence-electron chi connectivity index (χ0n) is 16.7. The average molecular weight is 381 g/mol. The maximum absolute atomic E-state index is 12.1. The number of nitrogens with zero attached hydrogens (tertiary/aromatic N) is 1. The van der Waals surface area contributed by atoms with Gasteiger partial charge in [-0.05, 0) is 73.5 Å². The number of ether oxygens (including phenoxy) is 1. The Balaban J connectivity index is 1.16. The second-order valence-corrected chi connectivity index (χ2v) is 8.38. The Kier molecular flexibility index (Phi) is 6.61. The summed E-state index contributed by atoms with van der Waals surface area (Å²) in [6.07, 6.45) is 6.51. The number of carbonyl (C=O) groups is 1. The molecule has 0 saturated carbocycles. The molecule has 1 atom stereocenters. The van der Waals surface area contributed by atoms with Crippen molar-refractivity contribution in [3.63, 3.8) is 0 Å². The summed E-state index contributed by atoms with van der Waals surface area (Å²) >= 11 is 0. The van der Waals surface area contributed by atoms with Crippen molar-refractivity contribution in [1.29, 1.82) is 0 Å². The Morgan fingerprint density at radius 1 is 1.07 bits per heavy atom. The van der Waals surface area contributed by atoms with Crippen LogP contribution in [-0.4, -0.2) is 43.2 Å². The molecule has 4 rings (SSSR count). The van der Waals surface area contributed by atoms with Gasteiger partial charge in [-0.15, -0.1) is 0 Å². The Bertz CT molecular complexity index is 777. The van der Waals surface area contributed by atoms with Gasteiger partial charge in [0, 0.05) is 26.1 Å². The van der Waals surface area contributed by atoms with Crippen LogP contribution in [0.25, 0.3) is 10.8 Å². The monoisotopic (exact) mass is 380 g/mol. The summed E-state index contributed by atoms with van der Waals surface area (Å²) in [4.78, 5) is 14.6. The lowest BCUT2D eigenvalue weighted by atomic mass is 9.91. The van der Waals surface area contributed by atoms with Crippen LogP contribution in [0.15, 0.2) is 42.5 Å². The molecule has 0 spiro atoms. The molecule has 2 fully saturated rings. The first-order valence-electron chi connectivity index (χ1n) is 10.8. The summed E-state index contributed by atoms with van der Waals surface area (Å²) in [5.74, 6) is 0.871. The van der Waals surface area contributed by atoms with Crippen molar-refractivity contribution in [2.75, 3.05) is 26.2 Å². The van der Waals surface area contributed by atoms with Crippen LogP contribution in [-0.2, 0) is 16.1 Å². The first kappa shape index (κ1) is 19.4. The number of hydrogen-bond donors (Lipinski definition) is 1. The van der Waals surface area contributed by atoms with Crippen LogP contribution in [0.3, 0.4) is 0 Å². The topological polar surface area (TPSA) is 41.6 Å². The van der Waals surface area contributed by atoms with Gasteiger partial charge in [-0.1, -0.05) is 36.4 Å². The molecule has 0 bridgehead atoms. The van der Waals surface area contributed by atoms with Crippen LogP contribution >= 0.6 is 0 Å². The average Bonchev–Trinajstić information content (AvgIpc) is 3.25. The lowest BCUT2D eigenvalue weighted by Crippen LogP contribution is -2.34. The van der Waals surface area contributed by atoms with Gasteiger partial charge >= 0.3 is 0 Å². The molecule has 2 heterocycles. The largest absolute Gasteiger partial charge is 0.376 e. The van der Waals surface area contributed by atoms with Crippen LogP contribution in [0.4, 0.5) is 0 Å². The zero-order valence-corrected chi connectivity index (χ0v) is 16.7. The second-order valence-electron chi connectivity index (χ2n) is 8.38. The standard InChI is InChI=1S/C24H32N2O2/c27-24(25-17-23-6-3-15-28-23)10-8-19-11-13-26(14-12-19)18-20-7-9-21-4-1-2-5-22(21)16-20/h1-2,4-5,7,9,16,19,23H,3,6,8,10-15,17-18H2,(H,25,27)/t23-/m0/s1. The van der Waals surface area contributed by atoms with Crippen molar-refractivity contribution >= 4 is 16.7 Å². The number of likely N-dealkylation sites (tertiary alicyclic amines) is 1. The molecule has 0 radical (unpaired) electrons. The molecule has 4 heteroatoms. The Morgan fingerprint density at radius 3 is 2.68 bits per heavy atom. The summed E-state index contributed by atoms with van der Waals surface area (Å²) in [6.45, 7) is 4.82. The van der Waals surface area contributed by atoms with Gasteiger partial charge in [-0.3, -0.25) is 9.69 Å². The van der Waals surface area contributed by atoms with E-state index in [1.165, 1.54) is 29.2 Å². The predicted octanol–water partition coefficient (Wildman–Crippen LogP) is 4.13.